The maximum atomic E-state index is 5.43. The molecule has 2 nitrogen and oxygen atoms in total. The Balaban J connectivity index is 3.51. The van der Waals surface area contributed by atoms with Gasteiger partial charge in [0.15, 0.2) is 5.75 Å². The van der Waals surface area contributed by atoms with Gasteiger partial charge in [-0.2, -0.15) is 5.90 Å². The average molecular weight is 255 g/mol. The SMILES string of the molecule is C=C/C=C(\C=C)C(C)(C)c1cccc(C=C)c1ON. The Bertz CT molecular complexity index is 524. The molecule has 0 heterocycles. The molecule has 0 aliphatic heterocycles. The molecule has 0 saturated heterocycles. The van der Waals surface area contributed by atoms with Crippen molar-refractivity contribution in [3.63, 3.8) is 0 Å². The minimum atomic E-state index is -0.288. The minimum absolute atomic E-state index is 0.288. The Morgan fingerprint density at radius 1 is 1.26 bits per heavy atom. The number of nitrogens with two attached hydrogens (primary N) is 1. The summed E-state index contributed by atoms with van der Waals surface area (Å²) < 4.78 is 0. The zero-order valence-electron chi connectivity index (χ0n) is 11.6. The van der Waals surface area contributed by atoms with E-state index in [0.717, 1.165) is 16.7 Å². The van der Waals surface area contributed by atoms with Crippen LogP contribution in [0.25, 0.3) is 6.08 Å². The van der Waals surface area contributed by atoms with E-state index >= 15 is 0 Å². The van der Waals surface area contributed by atoms with Crippen LogP contribution in [0, 0.1) is 0 Å². The van der Waals surface area contributed by atoms with Crippen molar-refractivity contribution in [2.45, 2.75) is 19.3 Å². The first-order valence-corrected chi connectivity index (χ1v) is 6.11. The molecule has 0 aliphatic rings. The number of allylic oxidation sites excluding steroid dienone is 4. The number of para-hydroxylation sites is 1. The maximum absolute atomic E-state index is 5.43. The second-order valence-corrected chi connectivity index (χ2v) is 4.73. The van der Waals surface area contributed by atoms with Gasteiger partial charge in [0.2, 0.25) is 0 Å². The van der Waals surface area contributed by atoms with Gasteiger partial charge in [0, 0.05) is 16.5 Å². The van der Waals surface area contributed by atoms with Gasteiger partial charge < -0.3 is 4.84 Å². The Labute approximate surface area is 115 Å². The molecule has 0 atom stereocenters. The molecule has 2 N–H and O–H groups in total. The minimum Gasteiger partial charge on any atom is -0.411 e. The summed E-state index contributed by atoms with van der Waals surface area (Å²) in [5.74, 6) is 6.06. The van der Waals surface area contributed by atoms with E-state index in [9.17, 15) is 0 Å². The van der Waals surface area contributed by atoms with Crippen LogP contribution in [0.4, 0.5) is 0 Å². The van der Waals surface area contributed by atoms with Gasteiger partial charge in [0.05, 0.1) is 0 Å². The summed E-state index contributed by atoms with van der Waals surface area (Å²) in [5, 5.41) is 0. The van der Waals surface area contributed by atoms with Crippen molar-refractivity contribution in [3.05, 3.63) is 72.9 Å². The van der Waals surface area contributed by atoms with E-state index in [2.05, 4.69) is 33.6 Å². The molecule has 2 heteroatoms. The third-order valence-electron chi connectivity index (χ3n) is 3.30. The van der Waals surface area contributed by atoms with E-state index in [1.54, 1.807) is 12.2 Å². The normalized spacial score (nSPS) is 11.8. The largest absolute Gasteiger partial charge is 0.411 e. The van der Waals surface area contributed by atoms with Crippen molar-refractivity contribution < 1.29 is 4.84 Å². The van der Waals surface area contributed by atoms with Crippen LogP contribution < -0.4 is 10.7 Å². The van der Waals surface area contributed by atoms with Crippen molar-refractivity contribution >= 4 is 6.08 Å². The quantitative estimate of drug-likeness (QED) is 0.612. The summed E-state index contributed by atoms with van der Waals surface area (Å²) in [6, 6.07) is 5.88. The first-order valence-electron chi connectivity index (χ1n) is 6.11. The molecule has 0 bridgehead atoms. The van der Waals surface area contributed by atoms with Gasteiger partial charge in [-0.25, -0.2) is 0 Å². The van der Waals surface area contributed by atoms with Crippen LogP contribution in [0.2, 0.25) is 0 Å². The molecule has 1 aromatic carbocycles. The zero-order chi connectivity index (χ0) is 14.5. The van der Waals surface area contributed by atoms with E-state index < -0.39 is 0 Å². The van der Waals surface area contributed by atoms with Gasteiger partial charge in [-0.1, -0.05) is 76.1 Å². The van der Waals surface area contributed by atoms with Gasteiger partial charge in [0.1, 0.15) is 0 Å². The van der Waals surface area contributed by atoms with Crippen molar-refractivity contribution in [3.8, 4) is 5.75 Å². The molecule has 0 radical (unpaired) electrons. The summed E-state index contributed by atoms with van der Waals surface area (Å²) in [6.45, 7) is 15.6. The molecule has 0 aliphatic carbocycles. The van der Waals surface area contributed by atoms with Gasteiger partial charge in [-0.05, 0) is 5.57 Å². The molecule has 0 amide bonds. The molecule has 19 heavy (non-hydrogen) atoms. The number of rotatable bonds is 6. The molecule has 0 aromatic heterocycles. The fourth-order valence-corrected chi connectivity index (χ4v) is 2.15. The van der Waals surface area contributed by atoms with Crippen LogP contribution in [-0.2, 0) is 5.41 Å². The van der Waals surface area contributed by atoms with Crippen LogP contribution in [0.1, 0.15) is 25.0 Å². The number of hydrogen-bond donors (Lipinski definition) is 1. The highest BCUT2D eigenvalue weighted by Crippen LogP contribution is 2.39. The van der Waals surface area contributed by atoms with Crippen LogP contribution in [-0.4, -0.2) is 0 Å². The zero-order valence-corrected chi connectivity index (χ0v) is 11.6. The molecule has 0 fully saturated rings. The van der Waals surface area contributed by atoms with E-state index in [0.29, 0.717) is 5.75 Å². The second-order valence-electron chi connectivity index (χ2n) is 4.73. The monoisotopic (exact) mass is 255 g/mol. The molecule has 0 spiro atoms. The van der Waals surface area contributed by atoms with Crippen molar-refractivity contribution in [1.29, 1.82) is 0 Å². The molecule has 1 aromatic rings. The van der Waals surface area contributed by atoms with Gasteiger partial charge in [-0.3, -0.25) is 0 Å². The second kappa shape index (κ2) is 6.21. The summed E-state index contributed by atoms with van der Waals surface area (Å²) in [6.07, 6.45) is 7.24. The Morgan fingerprint density at radius 3 is 2.42 bits per heavy atom. The Morgan fingerprint density at radius 2 is 1.95 bits per heavy atom. The molecule has 0 unspecified atom stereocenters. The van der Waals surface area contributed by atoms with Gasteiger partial charge in [0.25, 0.3) is 0 Å². The first-order chi connectivity index (χ1) is 9.02. The first kappa shape index (κ1) is 15.0. The molecule has 100 valence electrons. The van der Waals surface area contributed by atoms with Crippen molar-refractivity contribution in [2.24, 2.45) is 5.90 Å². The van der Waals surface area contributed by atoms with Crippen LogP contribution in [0.15, 0.2) is 61.7 Å². The molecule has 1 rings (SSSR count). The van der Waals surface area contributed by atoms with E-state index in [1.807, 2.05) is 30.4 Å². The van der Waals surface area contributed by atoms with Gasteiger partial charge in [-0.15, -0.1) is 0 Å². The summed E-state index contributed by atoms with van der Waals surface area (Å²) in [7, 11) is 0. The topological polar surface area (TPSA) is 35.2 Å². The third kappa shape index (κ3) is 2.85. The fraction of sp³-hybridized carbons (Fsp3) is 0.176. The average Bonchev–Trinajstić information content (AvgIpc) is 2.43. The molecular formula is C17H21NO. The highest BCUT2D eigenvalue weighted by atomic mass is 16.6. The van der Waals surface area contributed by atoms with Crippen LogP contribution >= 0.6 is 0 Å². The Kier molecular flexibility index (Phi) is 4.90. The highest BCUT2D eigenvalue weighted by Gasteiger charge is 2.28. The van der Waals surface area contributed by atoms with E-state index in [-0.39, 0.29) is 5.41 Å². The standard InChI is InChI=1S/C17H21NO/c1-6-10-14(8-3)17(4,5)15-12-9-11-13(7-2)16(15)19-18/h6-12H,1-3,18H2,4-5H3/b14-10+. The lowest BCUT2D eigenvalue weighted by Gasteiger charge is -2.29. The predicted octanol–water partition coefficient (Wildman–Crippen LogP) is 4.16. The van der Waals surface area contributed by atoms with Gasteiger partial charge >= 0.3 is 0 Å². The number of hydrogen-bond acceptors (Lipinski definition) is 2. The fourth-order valence-electron chi connectivity index (χ4n) is 2.15. The van der Waals surface area contributed by atoms with Crippen molar-refractivity contribution in [2.75, 3.05) is 0 Å². The van der Waals surface area contributed by atoms with Crippen LogP contribution in [0.5, 0.6) is 5.75 Å². The summed E-state index contributed by atoms with van der Waals surface area (Å²) in [4.78, 5) is 5.07. The maximum Gasteiger partial charge on any atom is 0.158 e. The van der Waals surface area contributed by atoms with Crippen LogP contribution in [0.3, 0.4) is 0 Å². The van der Waals surface area contributed by atoms with E-state index in [1.165, 1.54) is 0 Å². The predicted molar refractivity (Wildman–Crippen MR) is 82.9 cm³/mol. The lowest BCUT2D eigenvalue weighted by molar-refractivity contribution is 0.325. The third-order valence-corrected chi connectivity index (χ3v) is 3.30. The number of benzene rings is 1. The highest BCUT2D eigenvalue weighted by molar-refractivity contribution is 5.61. The molecule has 0 saturated carbocycles. The lowest BCUT2D eigenvalue weighted by atomic mass is 9.76. The molecular weight excluding hydrogens is 234 g/mol. The Hall–Kier alpha value is -2.06. The van der Waals surface area contributed by atoms with Crippen molar-refractivity contribution in [1.82, 2.24) is 0 Å². The lowest BCUT2D eigenvalue weighted by Crippen LogP contribution is -2.22. The smallest absolute Gasteiger partial charge is 0.158 e. The van der Waals surface area contributed by atoms with E-state index in [4.69, 9.17) is 10.7 Å². The summed E-state index contributed by atoms with van der Waals surface area (Å²) >= 11 is 0. The summed E-state index contributed by atoms with van der Waals surface area (Å²) in [5.41, 5.74) is 2.61.